The molecule has 0 radical (unpaired) electrons. The Kier molecular flexibility index (Phi) is 3.97. The van der Waals surface area contributed by atoms with Gasteiger partial charge in [0, 0.05) is 18.2 Å². The molecule has 2 aromatic carbocycles. The first-order chi connectivity index (χ1) is 10.1. The molecule has 4 heteroatoms. The third-order valence-electron chi connectivity index (χ3n) is 4.00. The topological polar surface area (TPSA) is 3.24 Å². The largest absolute Gasteiger partial charge is 0.292 e. The molecule has 0 amide bonds. The summed E-state index contributed by atoms with van der Waals surface area (Å²) in [5, 5.41) is 0. The summed E-state index contributed by atoms with van der Waals surface area (Å²) in [6, 6.07) is 10.1. The molecule has 110 valence electrons. The lowest BCUT2D eigenvalue weighted by Crippen LogP contribution is -2.23. The zero-order chi connectivity index (χ0) is 14.8. The molecule has 0 bridgehead atoms. The van der Waals surface area contributed by atoms with Crippen molar-refractivity contribution in [3.63, 3.8) is 0 Å². The zero-order valence-corrected chi connectivity index (χ0v) is 11.5. The first-order valence-corrected chi connectivity index (χ1v) is 7.07. The molecule has 0 N–H and O–H groups in total. The Labute approximate surface area is 122 Å². The second-order valence-corrected chi connectivity index (χ2v) is 5.42. The van der Waals surface area contributed by atoms with Gasteiger partial charge < -0.3 is 0 Å². The molecule has 2 aromatic rings. The molecule has 0 aliphatic carbocycles. The fraction of sp³-hybridized carbons (Fsp3) is 0.294. The quantitative estimate of drug-likeness (QED) is 0.808. The molecule has 1 nitrogen and oxygen atoms in total. The molecule has 0 spiro atoms. The van der Waals surface area contributed by atoms with Gasteiger partial charge in [-0.25, -0.2) is 13.2 Å². The summed E-state index contributed by atoms with van der Waals surface area (Å²) in [6.07, 6.45) is 1.95. The van der Waals surface area contributed by atoms with Crippen LogP contribution in [0.1, 0.15) is 30.0 Å². The van der Waals surface area contributed by atoms with Crippen LogP contribution in [0.15, 0.2) is 42.5 Å². The van der Waals surface area contributed by atoms with Crippen LogP contribution in [-0.2, 0) is 6.54 Å². The van der Waals surface area contributed by atoms with Crippen LogP contribution >= 0.6 is 0 Å². The maximum absolute atomic E-state index is 13.8. The third-order valence-corrected chi connectivity index (χ3v) is 4.00. The summed E-state index contributed by atoms with van der Waals surface area (Å²) in [7, 11) is 0. The molecular formula is C17H16F3N. The predicted octanol–water partition coefficient (Wildman–Crippen LogP) is 4.44. The number of hydrogen-bond acceptors (Lipinski definition) is 1. The standard InChI is InChI=1S/C17H16F3N/c18-14-5-3-12(4-6-14)17-2-1-9-21(17)11-13-10-15(19)7-8-16(13)20/h3-8,10,17H,1-2,9,11H2/t17-/m1/s1. The van der Waals surface area contributed by atoms with Crippen LogP contribution in [0.25, 0.3) is 0 Å². The van der Waals surface area contributed by atoms with Gasteiger partial charge in [-0.15, -0.1) is 0 Å². The number of nitrogens with zero attached hydrogens (tertiary/aromatic N) is 1. The van der Waals surface area contributed by atoms with Crippen LogP contribution in [0.3, 0.4) is 0 Å². The number of likely N-dealkylation sites (tertiary alicyclic amines) is 1. The van der Waals surface area contributed by atoms with Crippen molar-refractivity contribution >= 4 is 0 Å². The van der Waals surface area contributed by atoms with Crippen molar-refractivity contribution in [2.75, 3.05) is 6.54 Å². The minimum atomic E-state index is -0.427. The fourth-order valence-corrected chi connectivity index (χ4v) is 2.96. The average Bonchev–Trinajstić information content (AvgIpc) is 2.92. The monoisotopic (exact) mass is 291 g/mol. The molecule has 1 aliphatic heterocycles. The summed E-state index contributed by atoms with van der Waals surface area (Å²) in [5.74, 6) is -1.08. The number of rotatable bonds is 3. The maximum atomic E-state index is 13.8. The van der Waals surface area contributed by atoms with Crippen LogP contribution < -0.4 is 0 Å². The fourth-order valence-electron chi connectivity index (χ4n) is 2.96. The van der Waals surface area contributed by atoms with Gasteiger partial charge in [-0.3, -0.25) is 4.90 Å². The van der Waals surface area contributed by atoms with Crippen molar-refractivity contribution in [1.82, 2.24) is 4.90 Å². The van der Waals surface area contributed by atoms with Gasteiger partial charge in [0.1, 0.15) is 17.5 Å². The summed E-state index contributed by atoms with van der Waals surface area (Å²) >= 11 is 0. The smallest absolute Gasteiger partial charge is 0.127 e. The molecule has 1 fully saturated rings. The molecule has 1 atom stereocenters. The lowest BCUT2D eigenvalue weighted by molar-refractivity contribution is 0.244. The molecule has 0 unspecified atom stereocenters. The van der Waals surface area contributed by atoms with Crippen molar-refractivity contribution in [3.05, 3.63) is 71.0 Å². The Balaban J connectivity index is 1.81. The van der Waals surface area contributed by atoms with E-state index in [1.165, 1.54) is 18.2 Å². The lowest BCUT2D eigenvalue weighted by Gasteiger charge is -2.25. The van der Waals surface area contributed by atoms with E-state index in [4.69, 9.17) is 0 Å². The van der Waals surface area contributed by atoms with E-state index in [2.05, 4.69) is 4.90 Å². The molecular weight excluding hydrogens is 275 g/mol. The van der Waals surface area contributed by atoms with E-state index in [0.717, 1.165) is 37.1 Å². The summed E-state index contributed by atoms with van der Waals surface area (Å²) in [5.41, 5.74) is 1.38. The molecule has 0 saturated carbocycles. The van der Waals surface area contributed by atoms with Crippen molar-refractivity contribution in [1.29, 1.82) is 0 Å². The number of benzene rings is 2. The van der Waals surface area contributed by atoms with Crippen LogP contribution in [0, 0.1) is 17.5 Å². The van der Waals surface area contributed by atoms with Gasteiger partial charge in [0.15, 0.2) is 0 Å². The zero-order valence-electron chi connectivity index (χ0n) is 11.5. The van der Waals surface area contributed by atoms with Crippen molar-refractivity contribution in [2.24, 2.45) is 0 Å². The van der Waals surface area contributed by atoms with Crippen LogP contribution in [-0.4, -0.2) is 11.4 Å². The van der Waals surface area contributed by atoms with Gasteiger partial charge in [-0.05, 0) is 55.3 Å². The Morgan fingerprint density at radius 2 is 1.67 bits per heavy atom. The van der Waals surface area contributed by atoms with Crippen molar-refractivity contribution < 1.29 is 13.2 Å². The molecule has 3 rings (SSSR count). The number of halogens is 3. The Hall–Kier alpha value is -1.81. The highest BCUT2D eigenvalue weighted by Crippen LogP contribution is 2.33. The Morgan fingerprint density at radius 3 is 2.43 bits per heavy atom. The Morgan fingerprint density at radius 1 is 0.952 bits per heavy atom. The second-order valence-electron chi connectivity index (χ2n) is 5.42. The highest BCUT2D eigenvalue weighted by Gasteiger charge is 2.26. The second kappa shape index (κ2) is 5.90. The summed E-state index contributed by atoms with van der Waals surface area (Å²) in [6.45, 7) is 1.20. The van der Waals surface area contributed by atoms with Crippen molar-refractivity contribution in [2.45, 2.75) is 25.4 Å². The normalized spacial score (nSPS) is 19.1. The predicted molar refractivity (Wildman–Crippen MR) is 75.1 cm³/mol. The molecule has 1 saturated heterocycles. The van der Waals surface area contributed by atoms with E-state index in [1.54, 1.807) is 12.1 Å². The first kappa shape index (κ1) is 14.1. The Bertz CT molecular complexity index is 624. The number of hydrogen-bond donors (Lipinski definition) is 0. The highest BCUT2D eigenvalue weighted by molar-refractivity contribution is 5.23. The van der Waals surface area contributed by atoms with Gasteiger partial charge in [0.2, 0.25) is 0 Å². The molecule has 0 aromatic heterocycles. The SMILES string of the molecule is Fc1ccc([C@H]2CCCN2Cc2cc(F)ccc2F)cc1. The third kappa shape index (κ3) is 3.10. The molecule has 1 aliphatic rings. The minimum absolute atomic E-state index is 0.133. The highest BCUT2D eigenvalue weighted by atomic mass is 19.1. The van der Waals surface area contributed by atoms with E-state index in [-0.39, 0.29) is 17.7 Å². The average molecular weight is 291 g/mol. The van der Waals surface area contributed by atoms with Gasteiger partial charge in [-0.2, -0.15) is 0 Å². The van der Waals surface area contributed by atoms with Crippen LogP contribution in [0.4, 0.5) is 13.2 Å². The first-order valence-electron chi connectivity index (χ1n) is 7.07. The van der Waals surface area contributed by atoms with Gasteiger partial charge >= 0.3 is 0 Å². The van der Waals surface area contributed by atoms with Crippen molar-refractivity contribution in [3.8, 4) is 0 Å². The van der Waals surface area contributed by atoms with E-state index in [9.17, 15) is 13.2 Å². The minimum Gasteiger partial charge on any atom is -0.292 e. The van der Waals surface area contributed by atoms with E-state index >= 15 is 0 Å². The van der Waals surface area contributed by atoms with Crippen LogP contribution in [0.2, 0.25) is 0 Å². The summed E-state index contributed by atoms with van der Waals surface area (Å²) in [4.78, 5) is 2.12. The van der Waals surface area contributed by atoms with E-state index in [1.807, 2.05) is 0 Å². The van der Waals surface area contributed by atoms with Gasteiger partial charge in [0.05, 0.1) is 0 Å². The van der Waals surface area contributed by atoms with E-state index in [0.29, 0.717) is 12.1 Å². The van der Waals surface area contributed by atoms with E-state index < -0.39 is 5.82 Å². The summed E-state index contributed by atoms with van der Waals surface area (Å²) < 4.78 is 40.0. The van der Waals surface area contributed by atoms with Gasteiger partial charge in [-0.1, -0.05) is 12.1 Å². The molecule has 1 heterocycles. The lowest BCUT2D eigenvalue weighted by atomic mass is 10.0. The van der Waals surface area contributed by atoms with Gasteiger partial charge in [0.25, 0.3) is 0 Å². The molecule has 21 heavy (non-hydrogen) atoms. The maximum Gasteiger partial charge on any atom is 0.127 e. The van der Waals surface area contributed by atoms with Crippen LogP contribution in [0.5, 0.6) is 0 Å².